The first-order chi connectivity index (χ1) is 8.97. The second kappa shape index (κ2) is 5.36. The molecule has 0 radical (unpaired) electrons. The smallest absolute Gasteiger partial charge is 0.133 e. The maximum absolute atomic E-state index is 13.4. The topological polar surface area (TPSA) is 29.5 Å². The van der Waals surface area contributed by atoms with E-state index in [4.69, 9.17) is 4.74 Å². The molecule has 2 rings (SSSR count). The fraction of sp³-hybridized carbons (Fsp3) is 0.200. The summed E-state index contributed by atoms with van der Waals surface area (Å²) >= 11 is 0. The summed E-state index contributed by atoms with van der Waals surface area (Å²) in [5.74, 6) is -0.229. The van der Waals surface area contributed by atoms with Crippen LogP contribution in [0.2, 0.25) is 0 Å². The number of halogens is 2. The maximum Gasteiger partial charge on any atom is 0.133 e. The van der Waals surface area contributed by atoms with E-state index in [0.717, 1.165) is 0 Å². The van der Waals surface area contributed by atoms with E-state index in [-0.39, 0.29) is 5.82 Å². The summed E-state index contributed by atoms with van der Waals surface area (Å²) in [4.78, 5) is 0. The average Bonchev–Trinajstić information content (AvgIpc) is 2.36. The molecule has 0 spiro atoms. The maximum atomic E-state index is 13.4. The molecule has 0 saturated heterocycles. The zero-order valence-electron chi connectivity index (χ0n) is 10.7. The van der Waals surface area contributed by atoms with E-state index in [2.05, 4.69) is 0 Å². The van der Waals surface area contributed by atoms with Crippen LogP contribution in [0.25, 0.3) is 0 Å². The van der Waals surface area contributed by atoms with E-state index in [0.29, 0.717) is 22.6 Å². The second-order valence-corrected chi connectivity index (χ2v) is 4.37. The minimum Gasteiger partial charge on any atom is -0.457 e. The van der Waals surface area contributed by atoms with Gasteiger partial charge >= 0.3 is 0 Å². The summed E-state index contributed by atoms with van der Waals surface area (Å²) in [7, 11) is 0. The quantitative estimate of drug-likeness (QED) is 0.903. The van der Waals surface area contributed by atoms with Crippen LogP contribution < -0.4 is 4.74 Å². The lowest BCUT2D eigenvalue weighted by atomic mass is 10.1. The van der Waals surface area contributed by atoms with Crippen molar-refractivity contribution in [3.63, 3.8) is 0 Å². The number of aliphatic hydroxyl groups excluding tert-OH is 1. The molecule has 19 heavy (non-hydrogen) atoms. The van der Waals surface area contributed by atoms with Crippen molar-refractivity contribution in [3.8, 4) is 11.5 Å². The Morgan fingerprint density at radius 3 is 2.47 bits per heavy atom. The fourth-order valence-corrected chi connectivity index (χ4v) is 1.70. The Morgan fingerprint density at radius 2 is 1.84 bits per heavy atom. The largest absolute Gasteiger partial charge is 0.457 e. The lowest BCUT2D eigenvalue weighted by Gasteiger charge is -2.13. The second-order valence-electron chi connectivity index (χ2n) is 4.37. The summed E-state index contributed by atoms with van der Waals surface area (Å²) in [6.07, 6.45) is -0.874. The Hall–Kier alpha value is -1.94. The number of aliphatic hydroxyl groups is 1. The third kappa shape index (κ3) is 3.09. The highest BCUT2D eigenvalue weighted by atomic mass is 19.1. The molecule has 2 nitrogen and oxygen atoms in total. The van der Waals surface area contributed by atoms with Crippen LogP contribution in [0.3, 0.4) is 0 Å². The highest BCUT2D eigenvalue weighted by Gasteiger charge is 2.12. The van der Waals surface area contributed by atoms with Crippen molar-refractivity contribution in [2.45, 2.75) is 20.0 Å². The molecule has 0 saturated carbocycles. The molecule has 0 aliphatic carbocycles. The van der Waals surface area contributed by atoms with Crippen molar-refractivity contribution in [3.05, 3.63) is 59.2 Å². The number of ether oxygens (including phenoxy) is 1. The van der Waals surface area contributed by atoms with Crippen LogP contribution in [0.4, 0.5) is 8.78 Å². The number of rotatable bonds is 3. The van der Waals surface area contributed by atoms with Gasteiger partial charge in [0.25, 0.3) is 0 Å². The first kappa shape index (κ1) is 13.5. The standard InChI is InChI=1S/C15H14F2O2/c1-9-3-5-12(8-14(9)17)19-15-6-4-11(16)7-13(15)10(2)18/h3-8,10,18H,1-2H3/t10-/m0/s1. The molecule has 2 aromatic rings. The Morgan fingerprint density at radius 1 is 1.11 bits per heavy atom. The Kier molecular flexibility index (Phi) is 3.81. The Balaban J connectivity index is 2.35. The lowest BCUT2D eigenvalue weighted by molar-refractivity contribution is 0.195. The summed E-state index contributed by atoms with van der Waals surface area (Å²) in [5.41, 5.74) is 0.836. The minimum absolute atomic E-state index is 0.302. The minimum atomic E-state index is -0.874. The molecular weight excluding hydrogens is 250 g/mol. The predicted octanol–water partition coefficient (Wildman–Crippen LogP) is 4.12. The molecule has 0 aliphatic rings. The van der Waals surface area contributed by atoms with Crippen LogP contribution in [0.15, 0.2) is 36.4 Å². The molecule has 0 heterocycles. The molecule has 0 amide bonds. The molecule has 4 heteroatoms. The van der Waals surface area contributed by atoms with Crippen LogP contribution in [-0.2, 0) is 0 Å². The zero-order valence-corrected chi connectivity index (χ0v) is 10.7. The van der Waals surface area contributed by atoms with Gasteiger partial charge in [-0.15, -0.1) is 0 Å². The van der Waals surface area contributed by atoms with Gasteiger partial charge in [0.15, 0.2) is 0 Å². The van der Waals surface area contributed by atoms with Crippen molar-refractivity contribution in [2.24, 2.45) is 0 Å². The van der Waals surface area contributed by atoms with Crippen molar-refractivity contribution >= 4 is 0 Å². The van der Waals surface area contributed by atoms with Crippen LogP contribution in [0.1, 0.15) is 24.2 Å². The molecular formula is C15H14F2O2. The third-order valence-electron chi connectivity index (χ3n) is 2.79. The van der Waals surface area contributed by atoms with Crippen molar-refractivity contribution in [2.75, 3.05) is 0 Å². The number of hydrogen-bond donors (Lipinski definition) is 1. The molecule has 0 fully saturated rings. The molecule has 0 aromatic heterocycles. The van der Waals surface area contributed by atoms with Gasteiger partial charge in [-0.25, -0.2) is 8.78 Å². The van der Waals surface area contributed by atoms with E-state index in [9.17, 15) is 13.9 Å². The van der Waals surface area contributed by atoms with Crippen molar-refractivity contribution in [1.82, 2.24) is 0 Å². The molecule has 0 bridgehead atoms. The van der Waals surface area contributed by atoms with Gasteiger partial charge in [0.2, 0.25) is 0 Å². The van der Waals surface area contributed by atoms with Gasteiger partial charge in [-0.3, -0.25) is 0 Å². The SMILES string of the molecule is Cc1ccc(Oc2ccc(F)cc2[C@H](C)O)cc1F. The van der Waals surface area contributed by atoms with Gasteiger partial charge in [0, 0.05) is 11.6 Å². The first-order valence-corrected chi connectivity index (χ1v) is 5.89. The van der Waals surface area contributed by atoms with E-state index in [1.165, 1.54) is 31.2 Å². The summed E-state index contributed by atoms with van der Waals surface area (Å²) in [6.45, 7) is 3.16. The fourth-order valence-electron chi connectivity index (χ4n) is 1.70. The molecule has 1 N–H and O–H groups in total. The van der Waals surface area contributed by atoms with Crippen LogP contribution in [0.5, 0.6) is 11.5 Å². The molecule has 1 atom stereocenters. The van der Waals surface area contributed by atoms with Crippen LogP contribution >= 0.6 is 0 Å². The zero-order chi connectivity index (χ0) is 14.0. The van der Waals surface area contributed by atoms with Crippen LogP contribution in [0, 0.1) is 18.6 Å². The van der Waals surface area contributed by atoms with E-state index < -0.39 is 11.9 Å². The predicted molar refractivity (Wildman–Crippen MR) is 68.2 cm³/mol. The first-order valence-electron chi connectivity index (χ1n) is 5.89. The monoisotopic (exact) mass is 264 g/mol. The molecule has 2 aromatic carbocycles. The summed E-state index contributed by atoms with van der Waals surface area (Å²) < 4.78 is 32.0. The third-order valence-corrected chi connectivity index (χ3v) is 2.79. The normalized spacial score (nSPS) is 12.3. The van der Waals surface area contributed by atoms with Gasteiger partial charge in [-0.1, -0.05) is 6.07 Å². The van der Waals surface area contributed by atoms with Crippen LogP contribution in [-0.4, -0.2) is 5.11 Å². The number of hydrogen-bond acceptors (Lipinski definition) is 2. The highest BCUT2D eigenvalue weighted by molar-refractivity contribution is 5.40. The highest BCUT2D eigenvalue weighted by Crippen LogP contribution is 2.30. The Labute approximate surface area is 110 Å². The number of aryl methyl sites for hydroxylation is 1. The van der Waals surface area contributed by atoms with E-state index >= 15 is 0 Å². The van der Waals surface area contributed by atoms with Crippen molar-refractivity contribution in [1.29, 1.82) is 0 Å². The molecule has 100 valence electrons. The number of benzene rings is 2. The lowest BCUT2D eigenvalue weighted by Crippen LogP contribution is -1.97. The van der Waals surface area contributed by atoms with Gasteiger partial charge in [-0.2, -0.15) is 0 Å². The van der Waals surface area contributed by atoms with Gasteiger partial charge in [0.1, 0.15) is 23.1 Å². The van der Waals surface area contributed by atoms with Gasteiger partial charge in [-0.05, 0) is 43.7 Å². The molecule has 0 aliphatic heterocycles. The summed E-state index contributed by atoms with van der Waals surface area (Å²) in [6, 6.07) is 8.31. The van der Waals surface area contributed by atoms with E-state index in [1.54, 1.807) is 19.1 Å². The Bertz CT molecular complexity index is 595. The van der Waals surface area contributed by atoms with E-state index in [1.807, 2.05) is 0 Å². The van der Waals surface area contributed by atoms with Gasteiger partial charge < -0.3 is 9.84 Å². The molecule has 0 unspecified atom stereocenters. The average molecular weight is 264 g/mol. The van der Waals surface area contributed by atoms with Crippen molar-refractivity contribution < 1.29 is 18.6 Å². The van der Waals surface area contributed by atoms with Gasteiger partial charge in [0.05, 0.1) is 6.10 Å². The summed E-state index contributed by atoms with van der Waals surface area (Å²) in [5, 5.41) is 9.58.